The first-order chi connectivity index (χ1) is 9.53. The lowest BCUT2D eigenvalue weighted by molar-refractivity contribution is 0.0894. The number of hydrogen-bond donors (Lipinski definition) is 0. The third-order valence-electron chi connectivity index (χ3n) is 4.55. The van der Waals surface area contributed by atoms with Gasteiger partial charge in [-0.2, -0.15) is 8.42 Å². The molecule has 0 radical (unpaired) electrons. The molecule has 0 spiro atoms. The van der Waals surface area contributed by atoms with Crippen molar-refractivity contribution in [2.24, 2.45) is 5.92 Å². The Hall–Kier alpha value is -0.910. The molecule has 2 bridgehead atoms. The average Bonchev–Trinajstić information content (AvgIpc) is 2.98. The molecule has 1 heterocycles. The summed E-state index contributed by atoms with van der Waals surface area (Å²) in [6.45, 7) is 1.19. The van der Waals surface area contributed by atoms with Crippen molar-refractivity contribution in [2.75, 3.05) is 12.9 Å². The minimum Gasteiger partial charge on any atom is -0.291 e. The Morgan fingerprint density at radius 2 is 2.00 bits per heavy atom. The van der Waals surface area contributed by atoms with Crippen molar-refractivity contribution in [3.8, 4) is 0 Å². The zero-order chi connectivity index (χ0) is 14.2. The Labute approximate surface area is 120 Å². The van der Waals surface area contributed by atoms with Crippen LogP contribution < -0.4 is 0 Å². The normalized spacial score (nSPS) is 29.9. The topological polar surface area (TPSA) is 46.6 Å². The molecule has 20 heavy (non-hydrogen) atoms. The van der Waals surface area contributed by atoms with E-state index in [0.717, 1.165) is 12.8 Å². The summed E-state index contributed by atoms with van der Waals surface area (Å²) in [7, 11) is -3.35. The minimum atomic E-state index is -3.35. The molecule has 4 nitrogen and oxygen atoms in total. The molecular weight excluding hydrogens is 274 g/mol. The zero-order valence-electron chi connectivity index (χ0n) is 11.7. The second-order valence-electron chi connectivity index (χ2n) is 5.94. The number of fused-ring (bicyclic) bond motifs is 2. The van der Waals surface area contributed by atoms with Crippen molar-refractivity contribution < 1.29 is 12.6 Å². The van der Waals surface area contributed by atoms with E-state index in [9.17, 15) is 8.42 Å². The summed E-state index contributed by atoms with van der Waals surface area (Å²) < 4.78 is 27.5. The maximum absolute atomic E-state index is 11.2. The van der Waals surface area contributed by atoms with Crippen molar-refractivity contribution >= 4 is 10.1 Å². The van der Waals surface area contributed by atoms with E-state index in [1.165, 1.54) is 24.8 Å². The van der Waals surface area contributed by atoms with Crippen LogP contribution in [0.25, 0.3) is 0 Å². The standard InChI is InChI=1S/C15H21NO3S/c1-20(17,18)19-11-15-13-7-8-14(9-13)16(15)10-12-5-3-2-4-6-12/h2-6,13-15H,7-11H2,1H3/t13-,14+,15+/m1/s1. The van der Waals surface area contributed by atoms with E-state index >= 15 is 0 Å². The second kappa shape index (κ2) is 5.47. The molecule has 1 aromatic rings. The van der Waals surface area contributed by atoms with E-state index in [4.69, 9.17) is 4.18 Å². The first-order valence-electron chi connectivity index (χ1n) is 7.17. The van der Waals surface area contributed by atoms with Gasteiger partial charge in [0, 0.05) is 18.6 Å². The fourth-order valence-electron chi connectivity index (χ4n) is 3.65. The van der Waals surface area contributed by atoms with Gasteiger partial charge in [-0.1, -0.05) is 30.3 Å². The smallest absolute Gasteiger partial charge is 0.264 e. The van der Waals surface area contributed by atoms with Gasteiger partial charge in [-0.15, -0.1) is 0 Å². The second-order valence-corrected chi connectivity index (χ2v) is 7.58. The quantitative estimate of drug-likeness (QED) is 0.780. The van der Waals surface area contributed by atoms with Crippen LogP contribution in [0.4, 0.5) is 0 Å². The van der Waals surface area contributed by atoms with Crippen molar-refractivity contribution in [3.63, 3.8) is 0 Å². The number of rotatable bonds is 5. The van der Waals surface area contributed by atoms with Crippen LogP contribution in [-0.4, -0.2) is 38.3 Å². The van der Waals surface area contributed by atoms with Crippen molar-refractivity contribution in [1.82, 2.24) is 4.90 Å². The molecule has 0 N–H and O–H groups in total. The molecule has 1 saturated carbocycles. The van der Waals surface area contributed by atoms with Crippen molar-refractivity contribution in [1.29, 1.82) is 0 Å². The SMILES string of the molecule is CS(=O)(=O)OC[C@H]1[C@@H]2CC[C@@H](C2)N1Cc1ccccc1. The molecule has 3 rings (SSSR count). The lowest BCUT2D eigenvalue weighted by atomic mass is 9.99. The van der Waals surface area contributed by atoms with Gasteiger partial charge in [0.15, 0.2) is 0 Å². The van der Waals surface area contributed by atoms with E-state index in [1.54, 1.807) is 0 Å². The summed E-state index contributed by atoms with van der Waals surface area (Å²) in [6, 6.07) is 11.2. The van der Waals surface area contributed by atoms with Crippen LogP contribution in [-0.2, 0) is 20.8 Å². The van der Waals surface area contributed by atoms with Gasteiger partial charge in [-0.25, -0.2) is 0 Å². The Morgan fingerprint density at radius 3 is 2.70 bits per heavy atom. The lowest BCUT2D eigenvalue weighted by Crippen LogP contribution is -2.43. The molecule has 3 atom stereocenters. The first-order valence-corrected chi connectivity index (χ1v) is 8.98. The number of hydrogen-bond acceptors (Lipinski definition) is 4. The maximum Gasteiger partial charge on any atom is 0.264 e. The van der Waals surface area contributed by atoms with E-state index < -0.39 is 10.1 Å². The highest BCUT2D eigenvalue weighted by atomic mass is 32.2. The number of benzene rings is 1. The summed E-state index contributed by atoms with van der Waals surface area (Å²) in [5, 5.41) is 0. The van der Waals surface area contributed by atoms with E-state index in [0.29, 0.717) is 18.6 Å². The van der Waals surface area contributed by atoms with Gasteiger partial charge in [0.1, 0.15) is 0 Å². The third kappa shape index (κ3) is 3.05. The van der Waals surface area contributed by atoms with E-state index in [1.807, 2.05) is 18.2 Å². The predicted octanol–water partition coefficient (Wildman–Crippen LogP) is 2.02. The summed E-state index contributed by atoms with van der Waals surface area (Å²) >= 11 is 0. The molecule has 1 saturated heterocycles. The Balaban J connectivity index is 1.70. The van der Waals surface area contributed by atoms with Gasteiger partial charge in [0.05, 0.1) is 12.9 Å². The summed E-state index contributed by atoms with van der Waals surface area (Å²) in [6.07, 6.45) is 4.74. The van der Waals surface area contributed by atoms with Gasteiger partial charge in [-0.3, -0.25) is 9.08 Å². The molecule has 2 aliphatic rings. The molecule has 1 aliphatic heterocycles. The number of piperidine rings is 1. The van der Waals surface area contributed by atoms with Crippen molar-refractivity contribution in [2.45, 2.75) is 37.9 Å². The van der Waals surface area contributed by atoms with Crippen LogP contribution in [0.5, 0.6) is 0 Å². The molecule has 110 valence electrons. The highest BCUT2D eigenvalue weighted by Gasteiger charge is 2.45. The van der Waals surface area contributed by atoms with E-state index in [-0.39, 0.29) is 6.04 Å². The van der Waals surface area contributed by atoms with Crippen LogP contribution >= 0.6 is 0 Å². The van der Waals surface area contributed by atoms with Crippen LogP contribution in [0.15, 0.2) is 30.3 Å². The Bertz CT molecular complexity index is 558. The fraction of sp³-hybridized carbons (Fsp3) is 0.600. The molecule has 0 aromatic heterocycles. The van der Waals surface area contributed by atoms with Gasteiger partial charge in [0.2, 0.25) is 0 Å². The number of nitrogens with zero attached hydrogens (tertiary/aromatic N) is 1. The highest BCUT2D eigenvalue weighted by molar-refractivity contribution is 7.85. The molecular formula is C15H21NO3S. The molecule has 0 amide bonds. The molecule has 1 aromatic carbocycles. The first kappa shape index (κ1) is 14.0. The summed E-state index contributed by atoms with van der Waals surface area (Å²) in [4.78, 5) is 2.44. The van der Waals surface area contributed by atoms with Gasteiger partial charge >= 0.3 is 0 Å². The number of likely N-dealkylation sites (tertiary alicyclic amines) is 1. The van der Waals surface area contributed by atoms with Gasteiger partial charge < -0.3 is 0 Å². The molecule has 5 heteroatoms. The average molecular weight is 295 g/mol. The Morgan fingerprint density at radius 1 is 1.25 bits per heavy atom. The monoisotopic (exact) mass is 295 g/mol. The highest BCUT2D eigenvalue weighted by Crippen LogP contribution is 2.43. The lowest BCUT2D eigenvalue weighted by Gasteiger charge is -2.34. The van der Waals surface area contributed by atoms with Gasteiger partial charge in [-0.05, 0) is 30.7 Å². The maximum atomic E-state index is 11.2. The van der Waals surface area contributed by atoms with Crippen LogP contribution in [0.2, 0.25) is 0 Å². The third-order valence-corrected chi connectivity index (χ3v) is 5.11. The largest absolute Gasteiger partial charge is 0.291 e. The van der Waals surface area contributed by atoms with Gasteiger partial charge in [0.25, 0.3) is 10.1 Å². The molecule has 2 fully saturated rings. The minimum absolute atomic E-state index is 0.240. The Kier molecular flexibility index (Phi) is 3.84. The molecule has 1 aliphatic carbocycles. The van der Waals surface area contributed by atoms with Crippen molar-refractivity contribution in [3.05, 3.63) is 35.9 Å². The van der Waals surface area contributed by atoms with Crippen LogP contribution in [0.1, 0.15) is 24.8 Å². The zero-order valence-corrected chi connectivity index (χ0v) is 12.6. The van der Waals surface area contributed by atoms with E-state index in [2.05, 4.69) is 17.0 Å². The van der Waals surface area contributed by atoms with Crippen LogP contribution in [0, 0.1) is 5.92 Å². The summed E-state index contributed by atoms with van der Waals surface area (Å²) in [5.41, 5.74) is 1.28. The predicted molar refractivity (Wildman–Crippen MR) is 77.7 cm³/mol. The fourth-order valence-corrected chi connectivity index (χ4v) is 4.04. The summed E-state index contributed by atoms with van der Waals surface area (Å²) in [5.74, 6) is 0.588. The van der Waals surface area contributed by atoms with Crippen LogP contribution in [0.3, 0.4) is 0 Å². The molecule has 0 unspecified atom stereocenters.